The molecular formula is C24H18ClFN2O2. The molecule has 4 nitrogen and oxygen atoms in total. The van der Waals surface area contributed by atoms with Gasteiger partial charge in [0.1, 0.15) is 23.2 Å². The van der Waals surface area contributed by atoms with Gasteiger partial charge in [0.15, 0.2) is 0 Å². The van der Waals surface area contributed by atoms with Crippen molar-refractivity contribution >= 4 is 29.3 Å². The number of carbonyl (C=O) groups excluding carboxylic acids is 1. The van der Waals surface area contributed by atoms with Gasteiger partial charge >= 0.3 is 0 Å². The summed E-state index contributed by atoms with van der Waals surface area (Å²) in [6.45, 7) is 0. The molecule has 0 atom stereocenters. The second-order valence-electron chi connectivity index (χ2n) is 6.48. The Kier molecular flexibility index (Phi) is 6.84. The second-order valence-corrected chi connectivity index (χ2v) is 6.89. The maximum absolute atomic E-state index is 13.5. The third-order valence-corrected chi connectivity index (χ3v) is 4.71. The first-order valence-corrected chi connectivity index (χ1v) is 9.47. The van der Waals surface area contributed by atoms with Crippen LogP contribution in [0.15, 0.2) is 72.3 Å². The minimum absolute atomic E-state index is 0.0742. The molecule has 0 fully saturated rings. The molecule has 0 unspecified atom stereocenters. The van der Waals surface area contributed by atoms with E-state index in [1.165, 1.54) is 25.3 Å². The van der Waals surface area contributed by atoms with Gasteiger partial charge in [-0.25, -0.2) is 4.39 Å². The van der Waals surface area contributed by atoms with Crippen molar-refractivity contribution in [2.75, 3.05) is 12.4 Å². The summed E-state index contributed by atoms with van der Waals surface area (Å²) in [7, 11) is 1.50. The number of rotatable bonds is 6. The number of benzene rings is 3. The number of nitriles is 1. The molecule has 0 aliphatic carbocycles. The number of ether oxygens (including phenoxy) is 1. The molecule has 1 amide bonds. The number of methoxy groups -OCH3 is 1. The largest absolute Gasteiger partial charge is 0.496 e. The van der Waals surface area contributed by atoms with E-state index in [1.54, 1.807) is 48.5 Å². The van der Waals surface area contributed by atoms with Crippen molar-refractivity contribution in [2.24, 2.45) is 0 Å². The number of nitrogens with one attached hydrogen (secondary N) is 1. The van der Waals surface area contributed by atoms with E-state index in [-0.39, 0.29) is 11.4 Å². The lowest BCUT2D eigenvalue weighted by atomic mass is 10.0. The highest BCUT2D eigenvalue weighted by molar-refractivity contribution is 6.31. The predicted molar refractivity (Wildman–Crippen MR) is 116 cm³/mol. The molecule has 0 radical (unpaired) electrons. The standard InChI is InChI=1S/C24H18ClFN2O2/c1-30-23-14-17(10-18(15-27)24(29)28-20-8-3-2-4-9-20)13-22(25)21(23)12-16-6-5-7-19(26)11-16/h2-11,13-14H,12H2,1H3,(H,28,29)/b18-10+. The Morgan fingerprint density at radius 1 is 1.17 bits per heavy atom. The van der Waals surface area contributed by atoms with Crippen molar-refractivity contribution in [2.45, 2.75) is 6.42 Å². The molecule has 3 aromatic carbocycles. The molecule has 0 aromatic heterocycles. The number of nitrogens with zero attached hydrogens (tertiary/aromatic N) is 1. The fourth-order valence-electron chi connectivity index (χ4n) is 2.95. The summed E-state index contributed by atoms with van der Waals surface area (Å²) in [6.07, 6.45) is 1.82. The zero-order valence-corrected chi connectivity index (χ0v) is 16.9. The highest BCUT2D eigenvalue weighted by Crippen LogP contribution is 2.32. The van der Waals surface area contributed by atoms with E-state index in [2.05, 4.69) is 5.32 Å². The van der Waals surface area contributed by atoms with E-state index in [0.717, 1.165) is 5.56 Å². The Hall–Kier alpha value is -3.62. The minimum Gasteiger partial charge on any atom is -0.496 e. The Labute approximate surface area is 179 Å². The van der Waals surface area contributed by atoms with Crippen molar-refractivity contribution in [1.82, 2.24) is 0 Å². The summed E-state index contributed by atoms with van der Waals surface area (Å²) in [6, 6.07) is 20.3. The molecule has 1 N–H and O–H groups in total. The highest BCUT2D eigenvalue weighted by atomic mass is 35.5. The molecule has 0 saturated heterocycles. The topological polar surface area (TPSA) is 62.1 Å². The van der Waals surface area contributed by atoms with Gasteiger partial charge in [-0.2, -0.15) is 5.26 Å². The van der Waals surface area contributed by atoms with Crippen LogP contribution in [0.25, 0.3) is 6.08 Å². The average Bonchev–Trinajstić information content (AvgIpc) is 2.74. The first kappa shape index (κ1) is 21.1. The van der Waals surface area contributed by atoms with Gasteiger partial charge < -0.3 is 10.1 Å². The summed E-state index contributed by atoms with van der Waals surface area (Å²) in [5, 5.41) is 12.5. The number of carbonyl (C=O) groups is 1. The summed E-state index contributed by atoms with van der Waals surface area (Å²) in [5.41, 5.74) is 2.49. The molecule has 0 bridgehead atoms. The normalized spacial score (nSPS) is 10.9. The van der Waals surface area contributed by atoms with E-state index < -0.39 is 5.91 Å². The van der Waals surface area contributed by atoms with E-state index in [1.807, 2.05) is 12.1 Å². The Bertz CT molecular complexity index is 1140. The lowest BCUT2D eigenvalue weighted by Crippen LogP contribution is -2.13. The Morgan fingerprint density at radius 3 is 2.60 bits per heavy atom. The summed E-state index contributed by atoms with van der Waals surface area (Å²) >= 11 is 6.45. The molecule has 30 heavy (non-hydrogen) atoms. The van der Waals surface area contributed by atoms with Crippen LogP contribution < -0.4 is 10.1 Å². The van der Waals surface area contributed by atoms with Crippen LogP contribution in [-0.4, -0.2) is 13.0 Å². The van der Waals surface area contributed by atoms with Gasteiger partial charge in [-0.05, 0) is 53.6 Å². The predicted octanol–water partition coefficient (Wildman–Crippen LogP) is 5.62. The lowest BCUT2D eigenvalue weighted by Gasteiger charge is -2.12. The van der Waals surface area contributed by atoms with Crippen LogP contribution in [0.3, 0.4) is 0 Å². The van der Waals surface area contributed by atoms with Crippen LogP contribution in [0.2, 0.25) is 5.02 Å². The van der Waals surface area contributed by atoms with E-state index in [9.17, 15) is 14.4 Å². The molecule has 0 aliphatic heterocycles. The lowest BCUT2D eigenvalue weighted by molar-refractivity contribution is -0.112. The SMILES string of the molecule is COc1cc(/C=C(\C#N)C(=O)Nc2ccccc2)cc(Cl)c1Cc1cccc(F)c1. The molecule has 0 spiro atoms. The van der Waals surface area contributed by atoms with Gasteiger partial charge in [0.25, 0.3) is 5.91 Å². The fraction of sp³-hybridized carbons (Fsp3) is 0.0833. The van der Waals surface area contributed by atoms with Crippen molar-refractivity contribution < 1.29 is 13.9 Å². The fourth-order valence-corrected chi connectivity index (χ4v) is 3.24. The van der Waals surface area contributed by atoms with Crippen LogP contribution in [0.5, 0.6) is 5.75 Å². The Balaban J connectivity index is 1.89. The summed E-state index contributed by atoms with van der Waals surface area (Å²) in [4.78, 5) is 12.4. The van der Waals surface area contributed by atoms with Crippen LogP contribution >= 0.6 is 11.6 Å². The van der Waals surface area contributed by atoms with E-state index in [0.29, 0.717) is 34.0 Å². The molecule has 0 saturated carbocycles. The van der Waals surface area contributed by atoms with Crippen molar-refractivity contribution in [3.05, 3.63) is 99.8 Å². The second kappa shape index (κ2) is 9.73. The van der Waals surface area contributed by atoms with E-state index >= 15 is 0 Å². The summed E-state index contributed by atoms with van der Waals surface area (Å²) < 4.78 is 18.9. The number of halogens is 2. The number of amides is 1. The van der Waals surface area contributed by atoms with E-state index in [4.69, 9.17) is 16.3 Å². The molecule has 3 rings (SSSR count). The van der Waals surface area contributed by atoms with Crippen molar-refractivity contribution in [3.8, 4) is 11.8 Å². The van der Waals surface area contributed by atoms with Crippen LogP contribution in [0, 0.1) is 17.1 Å². The Morgan fingerprint density at radius 2 is 1.93 bits per heavy atom. The smallest absolute Gasteiger partial charge is 0.266 e. The molecule has 0 heterocycles. The van der Waals surface area contributed by atoms with Gasteiger partial charge in [0.2, 0.25) is 0 Å². The van der Waals surface area contributed by atoms with Gasteiger partial charge in [0, 0.05) is 22.7 Å². The molecular weight excluding hydrogens is 403 g/mol. The zero-order valence-electron chi connectivity index (χ0n) is 16.2. The molecule has 6 heteroatoms. The van der Waals surface area contributed by atoms with Gasteiger partial charge in [-0.1, -0.05) is 41.9 Å². The molecule has 3 aromatic rings. The van der Waals surface area contributed by atoms with Crippen LogP contribution in [-0.2, 0) is 11.2 Å². The minimum atomic E-state index is -0.525. The van der Waals surface area contributed by atoms with Gasteiger partial charge in [-0.3, -0.25) is 4.79 Å². The van der Waals surface area contributed by atoms with Crippen LogP contribution in [0.4, 0.5) is 10.1 Å². The van der Waals surface area contributed by atoms with Crippen molar-refractivity contribution in [3.63, 3.8) is 0 Å². The maximum atomic E-state index is 13.5. The highest BCUT2D eigenvalue weighted by Gasteiger charge is 2.14. The number of hydrogen-bond acceptors (Lipinski definition) is 3. The third kappa shape index (κ3) is 5.25. The van der Waals surface area contributed by atoms with Crippen molar-refractivity contribution in [1.29, 1.82) is 5.26 Å². The number of hydrogen-bond donors (Lipinski definition) is 1. The van der Waals surface area contributed by atoms with Gasteiger partial charge in [0.05, 0.1) is 7.11 Å². The number of anilines is 1. The van der Waals surface area contributed by atoms with Crippen LogP contribution in [0.1, 0.15) is 16.7 Å². The summed E-state index contributed by atoms with van der Waals surface area (Å²) in [5.74, 6) is -0.369. The zero-order chi connectivity index (χ0) is 21.5. The quantitative estimate of drug-likeness (QED) is 0.415. The first-order chi connectivity index (χ1) is 14.5. The monoisotopic (exact) mass is 420 g/mol. The average molecular weight is 421 g/mol. The number of para-hydroxylation sites is 1. The van der Waals surface area contributed by atoms with Gasteiger partial charge in [-0.15, -0.1) is 0 Å². The first-order valence-electron chi connectivity index (χ1n) is 9.09. The molecule has 150 valence electrons. The maximum Gasteiger partial charge on any atom is 0.266 e. The third-order valence-electron chi connectivity index (χ3n) is 4.37. The molecule has 0 aliphatic rings.